The number of rotatable bonds is 5. The van der Waals surface area contributed by atoms with E-state index in [9.17, 15) is 13.2 Å². The molecule has 1 aliphatic rings. The third-order valence-corrected chi connectivity index (χ3v) is 7.46. The zero-order chi connectivity index (χ0) is 17.3. The molecule has 1 aliphatic heterocycles. The first kappa shape index (κ1) is 17.2. The molecule has 1 saturated heterocycles. The van der Waals surface area contributed by atoms with Crippen LogP contribution in [-0.4, -0.2) is 31.7 Å². The maximum absolute atomic E-state index is 12.5. The lowest BCUT2D eigenvalue weighted by Crippen LogP contribution is -2.27. The fourth-order valence-electron chi connectivity index (χ4n) is 2.77. The number of hydrogen-bond donors (Lipinski definition) is 1. The van der Waals surface area contributed by atoms with Crippen molar-refractivity contribution >= 4 is 27.3 Å². The van der Waals surface area contributed by atoms with E-state index in [1.807, 2.05) is 0 Å². The van der Waals surface area contributed by atoms with Gasteiger partial charge in [-0.1, -0.05) is 0 Å². The molecule has 0 radical (unpaired) electrons. The Bertz CT molecular complexity index is 845. The van der Waals surface area contributed by atoms with Gasteiger partial charge in [0.2, 0.25) is 0 Å². The van der Waals surface area contributed by atoms with E-state index in [4.69, 9.17) is 4.42 Å². The van der Waals surface area contributed by atoms with Crippen LogP contribution in [0.3, 0.4) is 0 Å². The molecule has 0 atom stereocenters. The summed E-state index contributed by atoms with van der Waals surface area (Å²) in [6.45, 7) is 5.01. The van der Waals surface area contributed by atoms with E-state index in [0.717, 1.165) is 17.7 Å². The molecule has 130 valence electrons. The highest BCUT2D eigenvalue weighted by atomic mass is 32.2. The Hall–Kier alpha value is -1.64. The van der Waals surface area contributed by atoms with Crippen molar-refractivity contribution in [3.63, 3.8) is 0 Å². The van der Waals surface area contributed by atoms with Crippen LogP contribution in [0.1, 0.15) is 39.6 Å². The van der Waals surface area contributed by atoms with Crippen molar-refractivity contribution in [1.29, 1.82) is 0 Å². The summed E-state index contributed by atoms with van der Waals surface area (Å²) in [5.41, 5.74) is 0.508. The second kappa shape index (κ2) is 6.70. The minimum Gasteiger partial charge on any atom is -0.466 e. The van der Waals surface area contributed by atoms with Gasteiger partial charge < -0.3 is 9.73 Å². The summed E-state index contributed by atoms with van der Waals surface area (Å²) in [6, 6.07) is 5.07. The third kappa shape index (κ3) is 3.40. The highest BCUT2D eigenvalue weighted by Gasteiger charge is 2.28. The Morgan fingerprint density at radius 2 is 2.00 bits per heavy atom. The molecule has 0 saturated carbocycles. The second-order valence-electron chi connectivity index (χ2n) is 5.84. The fraction of sp³-hybridized carbons (Fsp3) is 0.438. The highest BCUT2D eigenvalue weighted by Crippen LogP contribution is 2.27. The third-order valence-electron chi connectivity index (χ3n) is 4.00. The summed E-state index contributed by atoms with van der Waals surface area (Å²) in [6.07, 6.45) is 1.83. The maximum atomic E-state index is 12.5. The summed E-state index contributed by atoms with van der Waals surface area (Å²) in [5, 5.41) is 2.81. The Balaban J connectivity index is 1.66. The monoisotopic (exact) mass is 368 g/mol. The van der Waals surface area contributed by atoms with Crippen molar-refractivity contribution < 1.29 is 17.6 Å². The van der Waals surface area contributed by atoms with Crippen LogP contribution in [0.5, 0.6) is 0 Å². The number of carbonyl (C=O) groups excluding carboxylic acids is 1. The van der Waals surface area contributed by atoms with Crippen LogP contribution >= 0.6 is 11.3 Å². The first-order chi connectivity index (χ1) is 11.4. The number of nitrogens with one attached hydrogen (secondary N) is 1. The minimum atomic E-state index is -3.39. The number of thiophene rings is 1. The van der Waals surface area contributed by atoms with Crippen molar-refractivity contribution in [2.24, 2.45) is 0 Å². The molecule has 6 nitrogen and oxygen atoms in total. The van der Waals surface area contributed by atoms with Gasteiger partial charge in [0.15, 0.2) is 0 Å². The molecule has 3 rings (SSSR count). The van der Waals surface area contributed by atoms with E-state index >= 15 is 0 Å². The lowest BCUT2D eigenvalue weighted by atomic mass is 10.2. The molecule has 0 aromatic carbocycles. The number of aryl methyl sites for hydroxylation is 2. The fourth-order valence-corrected chi connectivity index (χ4v) is 5.73. The van der Waals surface area contributed by atoms with Crippen LogP contribution in [-0.2, 0) is 16.6 Å². The average molecular weight is 368 g/mol. The van der Waals surface area contributed by atoms with Crippen molar-refractivity contribution in [2.75, 3.05) is 13.1 Å². The molecule has 1 N–H and O–H groups in total. The van der Waals surface area contributed by atoms with Crippen LogP contribution in [0.4, 0.5) is 0 Å². The SMILES string of the molecule is Cc1cc(C(=O)NCc2ccc(S(=O)(=O)N3CCCC3)s2)c(C)o1. The number of sulfonamides is 1. The molecule has 1 amide bonds. The van der Waals surface area contributed by atoms with Crippen LogP contribution < -0.4 is 5.32 Å². The molecule has 8 heteroatoms. The van der Waals surface area contributed by atoms with Gasteiger partial charge in [0.05, 0.1) is 12.1 Å². The van der Waals surface area contributed by atoms with Gasteiger partial charge in [0.25, 0.3) is 15.9 Å². The second-order valence-corrected chi connectivity index (χ2v) is 9.17. The van der Waals surface area contributed by atoms with Crippen molar-refractivity contribution in [2.45, 2.75) is 37.4 Å². The number of carbonyl (C=O) groups is 1. The average Bonchev–Trinajstić information content (AvgIpc) is 3.25. The molecule has 2 aromatic heterocycles. The van der Waals surface area contributed by atoms with Gasteiger partial charge >= 0.3 is 0 Å². The first-order valence-corrected chi connectivity index (χ1v) is 10.1. The predicted octanol–water partition coefficient (Wildman–Crippen LogP) is 2.67. The molecule has 2 aromatic rings. The van der Waals surface area contributed by atoms with Crippen molar-refractivity contribution in [1.82, 2.24) is 9.62 Å². The lowest BCUT2D eigenvalue weighted by molar-refractivity contribution is 0.0950. The largest absolute Gasteiger partial charge is 0.466 e. The van der Waals surface area contributed by atoms with Crippen molar-refractivity contribution in [3.8, 4) is 0 Å². The maximum Gasteiger partial charge on any atom is 0.255 e. The standard InChI is InChI=1S/C16H20N2O4S2/c1-11-9-14(12(2)22-11)16(19)17-10-13-5-6-15(23-13)24(20,21)18-7-3-4-8-18/h5-6,9H,3-4,7-8,10H2,1-2H3,(H,17,19). The first-order valence-electron chi connectivity index (χ1n) is 7.82. The highest BCUT2D eigenvalue weighted by molar-refractivity contribution is 7.91. The minimum absolute atomic E-state index is 0.221. The van der Waals surface area contributed by atoms with E-state index in [1.54, 1.807) is 32.0 Å². The Morgan fingerprint density at radius 1 is 1.29 bits per heavy atom. The van der Waals surface area contributed by atoms with Crippen LogP contribution in [0.15, 0.2) is 26.8 Å². The normalized spacial score (nSPS) is 15.8. The Morgan fingerprint density at radius 3 is 2.62 bits per heavy atom. The van der Waals surface area contributed by atoms with Gasteiger partial charge in [-0.05, 0) is 44.9 Å². The van der Waals surface area contributed by atoms with E-state index in [0.29, 0.717) is 40.9 Å². The predicted molar refractivity (Wildman–Crippen MR) is 91.7 cm³/mol. The van der Waals surface area contributed by atoms with Gasteiger partial charge in [-0.25, -0.2) is 8.42 Å². The van der Waals surface area contributed by atoms with Crippen LogP contribution in [0.2, 0.25) is 0 Å². The Labute approximate surface area is 145 Å². The van der Waals surface area contributed by atoms with Crippen LogP contribution in [0.25, 0.3) is 0 Å². The summed E-state index contributed by atoms with van der Waals surface area (Å²) >= 11 is 1.21. The molecule has 1 fully saturated rings. The molecule has 0 unspecified atom stereocenters. The van der Waals surface area contributed by atoms with E-state index in [-0.39, 0.29) is 5.91 Å². The van der Waals surface area contributed by atoms with Crippen molar-refractivity contribution in [3.05, 3.63) is 40.2 Å². The summed E-state index contributed by atoms with van der Waals surface area (Å²) in [4.78, 5) is 13.0. The molecule has 0 spiro atoms. The van der Waals surface area contributed by atoms with E-state index in [1.165, 1.54) is 15.6 Å². The molecule has 0 bridgehead atoms. The van der Waals surface area contributed by atoms with Gasteiger partial charge in [0.1, 0.15) is 15.7 Å². The quantitative estimate of drug-likeness (QED) is 0.880. The van der Waals surface area contributed by atoms with Gasteiger partial charge in [-0.15, -0.1) is 11.3 Å². The molecular formula is C16H20N2O4S2. The number of hydrogen-bond acceptors (Lipinski definition) is 5. The summed E-state index contributed by atoms with van der Waals surface area (Å²) in [5.74, 6) is 1.04. The zero-order valence-corrected chi connectivity index (χ0v) is 15.3. The van der Waals surface area contributed by atoms with Gasteiger partial charge in [-0.2, -0.15) is 4.31 Å². The topological polar surface area (TPSA) is 79.6 Å². The number of furan rings is 1. The molecule has 0 aliphatic carbocycles. The van der Waals surface area contributed by atoms with Gasteiger partial charge in [-0.3, -0.25) is 4.79 Å². The van der Waals surface area contributed by atoms with Crippen LogP contribution in [0, 0.1) is 13.8 Å². The summed E-state index contributed by atoms with van der Waals surface area (Å²) in [7, 11) is -3.39. The van der Waals surface area contributed by atoms with E-state index < -0.39 is 10.0 Å². The Kier molecular flexibility index (Phi) is 4.80. The number of amides is 1. The van der Waals surface area contributed by atoms with Gasteiger partial charge in [0, 0.05) is 18.0 Å². The van der Waals surface area contributed by atoms with E-state index in [2.05, 4.69) is 5.32 Å². The molecule has 3 heterocycles. The smallest absolute Gasteiger partial charge is 0.255 e. The number of nitrogens with zero attached hydrogens (tertiary/aromatic N) is 1. The molecular weight excluding hydrogens is 348 g/mol. The molecule has 24 heavy (non-hydrogen) atoms. The lowest BCUT2D eigenvalue weighted by Gasteiger charge is -2.13. The zero-order valence-electron chi connectivity index (χ0n) is 13.7. The summed E-state index contributed by atoms with van der Waals surface area (Å²) < 4.78 is 32.2.